The second-order valence-corrected chi connectivity index (χ2v) is 9.63. The summed E-state index contributed by atoms with van der Waals surface area (Å²) < 4.78 is 36.8. The van der Waals surface area contributed by atoms with Crippen molar-refractivity contribution in [3.8, 4) is 0 Å². The van der Waals surface area contributed by atoms with Crippen LogP contribution in [-0.4, -0.2) is 46.2 Å². The fourth-order valence-electron chi connectivity index (χ4n) is 3.42. The molecule has 0 heterocycles. The number of amides is 1. The van der Waals surface area contributed by atoms with Crippen molar-refractivity contribution >= 4 is 45.7 Å². The molecule has 1 aromatic rings. The first-order valence-corrected chi connectivity index (χ1v) is 12.0. The lowest BCUT2D eigenvalue weighted by Crippen LogP contribution is -2.41. The zero-order valence-corrected chi connectivity index (χ0v) is 20.7. The highest BCUT2D eigenvalue weighted by Gasteiger charge is 2.15. The van der Waals surface area contributed by atoms with Gasteiger partial charge in [0, 0.05) is 38.9 Å². The van der Waals surface area contributed by atoms with Gasteiger partial charge in [-0.3, -0.25) is 9.79 Å². The molecular formula is C20H32FIN4O3S. The van der Waals surface area contributed by atoms with Gasteiger partial charge in [-0.1, -0.05) is 25.3 Å². The lowest BCUT2D eigenvalue weighted by Gasteiger charge is -2.22. The normalized spacial score (nSPS) is 15.2. The number of aliphatic imine (C=N–C) groups is 1. The number of guanidine groups is 1. The Morgan fingerprint density at radius 3 is 2.50 bits per heavy atom. The van der Waals surface area contributed by atoms with Crippen LogP contribution in [0.4, 0.5) is 4.39 Å². The molecule has 1 aliphatic carbocycles. The lowest BCUT2D eigenvalue weighted by atomic mass is 9.95. The SMILES string of the molecule is CN=C(NCCC(=O)NC1CCCCC1)NCc1cc(F)ccc1CS(C)(=O)=O.I. The van der Waals surface area contributed by atoms with Crippen LogP contribution in [0.2, 0.25) is 0 Å². The second-order valence-electron chi connectivity index (χ2n) is 7.49. The zero-order chi connectivity index (χ0) is 21.3. The highest BCUT2D eigenvalue weighted by molar-refractivity contribution is 14.0. The van der Waals surface area contributed by atoms with E-state index in [1.807, 2.05) is 0 Å². The number of hydrogen-bond donors (Lipinski definition) is 3. The first kappa shape index (κ1) is 26.6. The summed E-state index contributed by atoms with van der Waals surface area (Å²) in [6, 6.07) is 4.34. The Morgan fingerprint density at radius 1 is 1.17 bits per heavy atom. The molecule has 30 heavy (non-hydrogen) atoms. The fourth-order valence-corrected chi connectivity index (χ4v) is 4.27. The van der Waals surface area contributed by atoms with Crippen molar-refractivity contribution in [1.29, 1.82) is 0 Å². The molecule has 0 bridgehead atoms. The van der Waals surface area contributed by atoms with E-state index in [1.54, 1.807) is 7.05 Å². The molecule has 1 fully saturated rings. The molecule has 1 amide bonds. The number of halogens is 2. The standard InChI is InChI=1S/C20H31FN4O3S.HI/c1-22-20(23-11-10-19(26)25-18-6-4-3-5-7-18)24-13-16-12-17(21)9-8-15(16)14-29(2,27)28;/h8-9,12,18H,3-7,10-11,13-14H2,1-2H3,(H,25,26)(H2,22,23,24);1H. The van der Waals surface area contributed by atoms with Gasteiger partial charge >= 0.3 is 0 Å². The van der Waals surface area contributed by atoms with Crippen LogP contribution in [0.15, 0.2) is 23.2 Å². The fraction of sp³-hybridized carbons (Fsp3) is 0.600. The number of nitrogens with zero attached hydrogens (tertiary/aromatic N) is 1. The molecule has 10 heteroatoms. The van der Waals surface area contributed by atoms with Gasteiger partial charge in [0.1, 0.15) is 5.82 Å². The zero-order valence-electron chi connectivity index (χ0n) is 17.5. The van der Waals surface area contributed by atoms with E-state index in [9.17, 15) is 17.6 Å². The van der Waals surface area contributed by atoms with Crippen molar-refractivity contribution in [3.63, 3.8) is 0 Å². The van der Waals surface area contributed by atoms with Gasteiger partial charge in [0.15, 0.2) is 15.8 Å². The van der Waals surface area contributed by atoms with E-state index in [0.717, 1.165) is 19.1 Å². The summed E-state index contributed by atoms with van der Waals surface area (Å²) in [4.78, 5) is 16.2. The van der Waals surface area contributed by atoms with Gasteiger partial charge in [-0.2, -0.15) is 0 Å². The summed E-state index contributed by atoms with van der Waals surface area (Å²) >= 11 is 0. The van der Waals surface area contributed by atoms with Crippen LogP contribution in [0.5, 0.6) is 0 Å². The molecule has 0 aliphatic heterocycles. The minimum absolute atomic E-state index is 0. The van der Waals surface area contributed by atoms with Crippen LogP contribution in [0.3, 0.4) is 0 Å². The maximum absolute atomic E-state index is 13.6. The van der Waals surface area contributed by atoms with Gasteiger partial charge in [0.05, 0.1) is 5.75 Å². The summed E-state index contributed by atoms with van der Waals surface area (Å²) in [5.74, 6) is -0.107. The Bertz CT molecular complexity index is 827. The maximum Gasteiger partial charge on any atom is 0.221 e. The summed E-state index contributed by atoms with van der Waals surface area (Å²) in [5, 5.41) is 9.16. The summed E-state index contributed by atoms with van der Waals surface area (Å²) in [7, 11) is -1.64. The Balaban J connectivity index is 0.00000450. The van der Waals surface area contributed by atoms with Crippen LogP contribution >= 0.6 is 24.0 Å². The summed E-state index contributed by atoms with van der Waals surface area (Å²) in [6.45, 7) is 0.633. The third-order valence-corrected chi connectivity index (χ3v) is 5.71. The van der Waals surface area contributed by atoms with Gasteiger partial charge in [-0.15, -0.1) is 24.0 Å². The summed E-state index contributed by atoms with van der Waals surface area (Å²) in [5.41, 5.74) is 1.09. The molecule has 2 rings (SSSR count). The average molecular weight is 554 g/mol. The van der Waals surface area contributed by atoms with Crippen molar-refractivity contribution < 1.29 is 17.6 Å². The Kier molecular flexibility index (Phi) is 11.6. The molecule has 3 N–H and O–H groups in total. The second kappa shape index (κ2) is 13.1. The van der Waals surface area contributed by atoms with Gasteiger partial charge in [0.2, 0.25) is 5.91 Å². The van der Waals surface area contributed by atoms with Crippen molar-refractivity contribution in [1.82, 2.24) is 16.0 Å². The highest BCUT2D eigenvalue weighted by atomic mass is 127. The van der Waals surface area contributed by atoms with Crippen LogP contribution in [0, 0.1) is 5.82 Å². The van der Waals surface area contributed by atoms with Crippen molar-refractivity contribution in [2.45, 2.75) is 56.9 Å². The van der Waals surface area contributed by atoms with E-state index < -0.39 is 15.7 Å². The van der Waals surface area contributed by atoms with Crippen molar-refractivity contribution in [2.75, 3.05) is 19.8 Å². The van der Waals surface area contributed by atoms with Crippen molar-refractivity contribution in [2.24, 2.45) is 4.99 Å². The Labute approximate surface area is 195 Å². The van der Waals surface area contributed by atoms with E-state index in [1.165, 1.54) is 37.5 Å². The molecule has 0 saturated heterocycles. The van der Waals surface area contributed by atoms with Crippen LogP contribution in [0.1, 0.15) is 49.7 Å². The quantitative estimate of drug-likeness (QED) is 0.261. The van der Waals surface area contributed by atoms with E-state index in [4.69, 9.17) is 0 Å². The third-order valence-electron chi connectivity index (χ3n) is 4.87. The predicted molar refractivity (Wildman–Crippen MR) is 128 cm³/mol. The minimum Gasteiger partial charge on any atom is -0.356 e. The van der Waals surface area contributed by atoms with Crippen LogP contribution < -0.4 is 16.0 Å². The number of sulfone groups is 1. The number of hydrogen-bond acceptors (Lipinski definition) is 4. The Hall–Kier alpha value is -1.43. The largest absolute Gasteiger partial charge is 0.356 e. The molecule has 0 radical (unpaired) electrons. The van der Waals surface area contributed by atoms with E-state index in [2.05, 4.69) is 20.9 Å². The predicted octanol–water partition coefficient (Wildman–Crippen LogP) is 2.49. The highest BCUT2D eigenvalue weighted by Crippen LogP contribution is 2.17. The van der Waals surface area contributed by atoms with Gasteiger partial charge in [-0.05, 0) is 36.1 Å². The number of carbonyl (C=O) groups is 1. The molecule has 0 atom stereocenters. The third kappa shape index (κ3) is 10.1. The van der Waals surface area contributed by atoms with E-state index in [-0.39, 0.29) is 48.2 Å². The molecular weight excluding hydrogens is 522 g/mol. The lowest BCUT2D eigenvalue weighted by molar-refractivity contribution is -0.121. The number of rotatable bonds is 8. The Morgan fingerprint density at radius 2 is 1.87 bits per heavy atom. The minimum atomic E-state index is -3.23. The first-order valence-electron chi connectivity index (χ1n) is 9.96. The molecule has 0 spiro atoms. The topological polar surface area (TPSA) is 99.7 Å². The van der Waals surface area contributed by atoms with Gasteiger partial charge in [-0.25, -0.2) is 12.8 Å². The molecule has 0 unspecified atom stereocenters. The molecule has 1 aliphatic rings. The van der Waals surface area contributed by atoms with Crippen LogP contribution in [0.25, 0.3) is 0 Å². The van der Waals surface area contributed by atoms with Gasteiger partial charge in [0.25, 0.3) is 0 Å². The number of nitrogens with one attached hydrogen (secondary N) is 3. The monoisotopic (exact) mass is 554 g/mol. The molecule has 7 nitrogen and oxygen atoms in total. The van der Waals surface area contributed by atoms with Crippen molar-refractivity contribution in [3.05, 3.63) is 35.1 Å². The number of benzene rings is 1. The van der Waals surface area contributed by atoms with E-state index >= 15 is 0 Å². The molecule has 170 valence electrons. The molecule has 1 aromatic carbocycles. The number of carbonyl (C=O) groups excluding carboxylic acids is 1. The summed E-state index contributed by atoms with van der Waals surface area (Å²) in [6.07, 6.45) is 7.15. The molecule has 0 aromatic heterocycles. The molecule has 1 saturated carbocycles. The van der Waals surface area contributed by atoms with Gasteiger partial charge < -0.3 is 16.0 Å². The smallest absolute Gasteiger partial charge is 0.221 e. The van der Waals surface area contributed by atoms with Crippen LogP contribution in [-0.2, 0) is 26.9 Å². The maximum atomic E-state index is 13.6. The first-order chi connectivity index (χ1) is 13.8. The van der Waals surface area contributed by atoms with E-state index in [0.29, 0.717) is 30.1 Å². The average Bonchev–Trinajstić information content (AvgIpc) is 2.66.